The molecule has 0 aromatic carbocycles. The molecule has 3 N–H and O–H groups in total. The molecule has 5 rings (SSSR count). The number of nitrogens with zero attached hydrogens (tertiary/aromatic N) is 6. The molecule has 1 atom stereocenters. The second kappa shape index (κ2) is 8.62. The Morgan fingerprint density at radius 2 is 1.94 bits per heavy atom. The van der Waals surface area contributed by atoms with E-state index in [9.17, 15) is 13.6 Å². The molecule has 3 aromatic rings. The molecule has 1 saturated carbocycles. The summed E-state index contributed by atoms with van der Waals surface area (Å²) in [5.74, 6) is -3.14. The second-order valence-corrected chi connectivity index (χ2v) is 9.16. The van der Waals surface area contributed by atoms with Crippen molar-refractivity contribution < 1.29 is 22.9 Å². The lowest BCUT2D eigenvalue weighted by atomic mass is 9.81. The minimum atomic E-state index is -2.70. The van der Waals surface area contributed by atoms with Gasteiger partial charge >= 0.3 is 0 Å². The molecule has 13 heteroatoms. The maximum absolute atomic E-state index is 13.8. The number of carbonyl (C=O) groups excluding carboxylic acids is 1. The lowest BCUT2D eigenvalue weighted by Gasteiger charge is -2.33. The van der Waals surface area contributed by atoms with Gasteiger partial charge in [-0.15, -0.1) is 0 Å². The summed E-state index contributed by atoms with van der Waals surface area (Å²) in [4.78, 5) is 22.1. The number of carbonyl (C=O) groups is 1. The number of nitrogens with two attached hydrogens (primary N) is 1. The minimum Gasteiger partial charge on any atom is -0.381 e. The number of alkyl halides is 2. The molecule has 1 aliphatic carbocycles. The van der Waals surface area contributed by atoms with Gasteiger partial charge in [-0.05, 0) is 43.7 Å². The first-order valence-corrected chi connectivity index (χ1v) is 11.3. The number of imidazole rings is 1. The van der Waals surface area contributed by atoms with Crippen LogP contribution in [0.4, 0.5) is 8.78 Å². The predicted molar refractivity (Wildman–Crippen MR) is 113 cm³/mol. The van der Waals surface area contributed by atoms with Gasteiger partial charge in [0, 0.05) is 26.1 Å². The third-order valence-electron chi connectivity index (χ3n) is 6.81. The van der Waals surface area contributed by atoms with Crippen LogP contribution in [-0.4, -0.2) is 54.9 Å². The van der Waals surface area contributed by atoms with E-state index in [1.165, 1.54) is 4.52 Å². The van der Waals surface area contributed by atoms with E-state index in [4.69, 9.17) is 10.5 Å². The summed E-state index contributed by atoms with van der Waals surface area (Å²) in [6, 6.07) is -0.637. The fourth-order valence-electron chi connectivity index (χ4n) is 4.65. The highest BCUT2D eigenvalue weighted by atomic mass is 19.3. The van der Waals surface area contributed by atoms with Crippen molar-refractivity contribution in [2.24, 2.45) is 11.7 Å². The molecule has 1 saturated heterocycles. The quantitative estimate of drug-likeness (QED) is 0.565. The van der Waals surface area contributed by atoms with Crippen molar-refractivity contribution in [2.45, 2.75) is 63.0 Å². The highest BCUT2D eigenvalue weighted by Gasteiger charge is 2.40. The van der Waals surface area contributed by atoms with Gasteiger partial charge in [-0.3, -0.25) is 4.79 Å². The largest absolute Gasteiger partial charge is 0.381 e. The molecule has 4 heterocycles. The third-order valence-corrected chi connectivity index (χ3v) is 6.81. The molecule has 0 unspecified atom stereocenters. The van der Waals surface area contributed by atoms with Crippen LogP contribution in [0.1, 0.15) is 72.1 Å². The van der Waals surface area contributed by atoms with Crippen LogP contribution in [0.2, 0.25) is 0 Å². The van der Waals surface area contributed by atoms with Gasteiger partial charge in [0.05, 0.1) is 35.4 Å². The zero-order chi connectivity index (χ0) is 23.9. The topological polar surface area (TPSA) is 146 Å². The van der Waals surface area contributed by atoms with Gasteiger partial charge < -0.3 is 15.8 Å². The molecule has 0 spiro atoms. The van der Waals surface area contributed by atoms with E-state index in [0.29, 0.717) is 48.9 Å². The average Bonchev–Trinajstić information content (AvgIpc) is 3.43. The van der Waals surface area contributed by atoms with Crippen molar-refractivity contribution in [1.82, 2.24) is 35.2 Å². The summed E-state index contributed by atoms with van der Waals surface area (Å²) >= 11 is 0. The number of aryl methyl sites for hydroxylation is 1. The monoisotopic (exact) mass is 476 g/mol. The van der Waals surface area contributed by atoms with E-state index in [1.807, 2.05) is 0 Å². The van der Waals surface area contributed by atoms with Crippen LogP contribution < -0.4 is 11.1 Å². The third kappa shape index (κ3) is 4.37. The van der Waals surface area contributed by atoms with Gasteiger partial charge in [-0.25, -0.2) is 27.9 Å². The highest BCUT2D eigenvalue weighted by molar-refractivity contribution is 5.93. The lowest BCUT2D eigenvalue weighted by molar-refractivity contribution is -0.0495. The molecule has 2 aliphatic rings. The van der Waals surface area contributed by atoms with Crippen molar-refractivity contribution in [3.8, 4) is 0 Å². The normalized spacial score (nSPS) is 21.4. The van der Waals surface area contributed by atoms with Gasteiger partial charge in [-0.1, -0.05) is 5.16 Å². The van der Waals surface area contributed by atoms with E-state index in [2.05, 4.69) is 35.3 Å². The number of fused-ring (bicyclic) bond motifs is 1. The minimum absolute atomic E-state index is 0.0398. The fourth-order valence-corrected chi connectivity index (χ4v) is 4.65. The number of aromatic nitrogens is 6. The van der Waals surface area contributed by atoms with Crippen molar-refractivity contribution in [3.05, 3.63) is 35.2 Å². The van der Waals surface area contributed by atoms with E-state index in [0.717, 1.165) is 0 Å². The zero-order valence-electron chi connectivity index (χ0n) is 18.7. The first-order valence-electron chi connectivity index (χ1n) is 11.3. The summed E-state index contributed by atoms with van der Waals surface area (Å²) in [5, 5.41) is 14.6. The number of hydrogen-bond donors (Lipinski definition) is 2. The number of hydrogen-bond acceptors (Lipinski definition) is 9. The highest BCUT2D eigenvalue weighted by Crippen LogP contribution is 2.41. The standard InChI is InChI=1S/C21H26F2N8O3/c1-12-16(30-34-29-12)18(32)28-17(13-2-4-21(22,23)5-3-13)14-11-31-19(26-14)27-15(10-25-31)20(24)6-8-33-9-7-20/h10-11,13,17H,2-9,24H2,1H3,(H,28,32)/t17-/m0/s1. The van der Waals surface area contributed by atoms with Crippen LogP contribution in [0.3, 0.4) is 0 Å². The molecule has 1 amide bonds. The summed E-state index contributed by atoms with van der Waals surface area (Å²) < 4.78 is 39.2. The molecule has 2 fully saturated rings. The molecular formula is C21H26F2N8O3. The number of ether oxygens (including phenoxy) is 1. The zero-order valence-corrected chi connectivity index (χ0v) is 18.7. The smallest absolute Gasteiger partial charge is 0.276 e. The molecule has 182 valence electrons. The van der Waals surface area contributed by atoms with Gasteiger partial charge in [0.2, 0.25) is 5.92 Å². The van der Waals surface area contributed by atoms with E-state index < -0.39 is 23.4 Å². The molecule has 0 radical (unpaired) electrons. The van der Waals surface area contributed by atoms with Crippen LogP contribution in [-0.2, 0) is 10.3 Å². The van der Waals surface area contributed by atoms with Crippen LogP contribution in [0.25, 0.3) is 5.78 Å². The van der Waals surface area contributed by atoms with Crippen LogP contribution in [0, 0.1) is 12.8 Å². The predicted octanol–water partition coefficient (Wildman–Crippen LogP) is 2.08. The van der Waals surface area contributed by atoms with E-state index in [1.54, 1.807) is 19.3 Å². The van der Waals surface area contributed by atoms with Crippen molar-refractivity contribution in [1.29, 1.82) is 0 Å². The maximum Gasteiger partial charge on any atom is 0.276 e. The van der Waals surface area contributed by atoms with Crippen molar-refractivity contribution in [2.75, 3.05) is 13.2 Å². The Balaban J connectivity index is 1.46. The molecule has 3 aromatic heterocycles. The summed E-state index contributed by atoms with van der Waals surface area (Å²) in [6.07, 6.45) is 4.48. The fraction of sp³-hybridized carbons (Fsp3) is 0.619. The molecule has 1 aliphatic heterocycles. The van der Waals surface area contributed by atoms with Crippen molar-refractivity contribution in [3.63, 3.8) is 0 Å². The Morgan fingerprint density at radius 3 is 2.62 bits per heavy atom. The summed E-state index contributed by atoms with van der Waals surface area (Å²) in [5.41, 5.74) is 7.36. The summed E-state index contributed by atoms with van der Waals surface area (Å²) in [6.45, 7) is 2.68. The molecular weight excluding hydrogens is 450 g/mol. The summed E-state index contributed by atoms with van der Waals surface area (Å²) in [7, 11) is 0. The van der Waals surface area contributed by atoms with Crippen LogP contribution in [0.15, 0.2) is 17.0 Å². The first kappa shape index (κ1) is 22.7. The first-order chi connectivity index (χ1) is 16.2. The number of nitrogens with one attached hydrogen (secondary N) is 1. The van der Waals surface area contributed by atoms with E-state index >= 15 is 0 Å². The maximum atomic E-state index is 13.8. The molecule has 11 nitrogen and oxygen atoms in total. The van der Waals surface area contributed by atoms with Gasteiger partial charge in [-0.2, -0.15) is 5.10 Å². The average molecular weight is 476 g/mol. The Labute approximate surface area is 193 Å². The second-order valence-electron chi connectivity index (χ2n) is 9.16. The van der Waals surface area contributed by atoms with Gasteiger partial charge in [0.1, 0.15) is 5.69 Å². The SMILES string of the molecule is Cc1nonc1C(=O)N[C@H](c1cn2ncc(C3(N)CCOCC3)nc2n1)C1CCC(F)(F)CC1. The Hall–Kier alpha value is -3.06. The molecule has 0 bridgehead atoms. The number of halogens is 2. The molecule has 34 heavy (non-hydrogen) atoms. The van der Waals surface area contributed by atoms with Crippen LogP contribution in [0.5, 0.6) is 0 Å². The number of amides is 1. The Morgan fingerprint density at radius 1 is 1.21 bits per heavy atom. The Kier molecular flexibility index (Phi) is 5.76. The lowest BCUT2D eigenvalue weighted by Crippen LogP contribution is -2.43. The van der Waals surface area contributed by atoms with Gasteiger partial charge in [0.25, 0.3) is 11.7 Å². The van der Waals surface area contributed by atoms with Crippen molar-refractivity contribution >= 4 is 11.7 Å². The van der Waals surface area contributed by atoms with Gasteiger partial charge in [0.15, 0.2) is 5.69 Å². The van der Waals surface area contributed by atoms with Crippen LogP contribution >= 0.6 is 0 Å². The Bertz CT molecular complexity index is 1180. The van der Waals surface area contributed by atoms with E-state index in [-0.39, 0.29) is 37.3 Å². The number of rotatable bonds is 5.